The molecule has 0 radical (unpaired) electrons. The van der Waals surface area contributed by atoms with Gasteiger partial charge >= 0.3 is 0 Å². The Bertz CT molecular complexity index is 756. The van der Waals surface area contributed by atoms with Crippen LogP contribution in [0.5, 0.6) is 17.2 Å². The van der Waals surface area contributed by atoms with Crippen LogP contribution < -0.4 is 14.9 Å². The second kappa shape index (κ2) is 8.38. The summed E-state index contributed by atoms with van der Waals surface area (Å²) >= 11 is 0. The maximum atomic E-state index is 12.2. The Kier molecular flexibility index (Phi) is 5.96. The van der Waals surface area contributed by atoms with E-state index in [1.54, 1.807) is 48.5 Å². The molecule has 0 fully saturated rings. The first kappa shape index (κ1) is 17.1. The molecule has 0 unspecified atom stereocenters. The Labute approximate surface area is 140 Å². The van der Waals surface area contributed by atoms with Gasteiger partial charge in [0.1, 0.15) is 12.4 Å². The van der Waals surface area contributed by atoms with Crippen LogP contribution in [0.1, 0.15) is 15.9 Å². The van der Waals surface area contributed by atoms with E-state index in [1.807, 2.05) is 0 Å². The van der Waals surface area contributed by atoms with Gasteiger partial charge in [0.15, 0.2) is 11.5 Å². The number of rotatable bonds is 7. The fourth-order valence-electron chi connectivity index (χ4n) is 1.96. The lowest BCUT2D eigenvalue weighted by Gasteiger charge is -2.08. The van der Waals surface area contributed by atoms with Crippen molar-refractivity contribution in [2.75, 3.05) is 13.7 Å². The van der Waals surface area contributed by atoms with Gasteiger partial charge in [0.05, 0.1) is 18.9 Å². The van der Waals surface area contributed by atoms with Gasteiger partial charge in [-0.15, -0.1) is 0 Å². The summed E-state index contributed by atoms with van der Waals surface area (Å²) in [5.41, 5.74) is 3.18. The molecule has 0 spiro atoms. The fraction of sp³-hybridized carbons (Fsp3) is 0.111. The molecule has 0 heterocycles. The number of hydrogen-bond acceptors (Lipinski definition) is 5. The highest BCUT2D eigenvalue weighted by atomic mass is 16.5. The van der Waals surface area contributed by atoms with Gasteiger partial charge in [-0.25, -0.2) is 5.43 Å². The number of methoxy groups -OCH3 is 1. The average Bonchev–Trinajstić information content (AvgIpc) is 2.61. The lowest BCUT2D eigenvalue weighted by atomic mass is 10.2. The predicted molar refractivity (Wildman–Crippen MR) is 91.9 cm³/mol. The van der Waals surface area contributed by atoms with Crippen LogP contribution in [-0.2, 0) is 0 Å². The zero-order valence-corrected chi connectivity index (χ0v) is 13.2. The second-order valence-corrected chi connectivity index (χ2v) is 4.69. The van der Waals surface area contributed by atoms with E-state index < -0.39 is 5.91 Å². The van der Waals surface area contributed by atoms with Crippen molar-refractivity contribution < 1.29 is 19.4 Å². The van der Waals surface area contributed by atoms with Crippen molar-refractivity contribution in [2.45, 2.75) is 0 Å². The summed E-state index contributed by atoms with van der Waals surface area (Å²) in [7, 11) is 1.46. The maximum Gasteiger partial charge on any atom is 0.275 e. The maximum absolute atomic E-state index is 12.2. The van der Waals surface area contributed by atoms with E-state index in [4.69, 9.17) is 9.47 Å². The van der Waals surface area contributed by atoms with E-state index in [2.05, 4.69) is 17.1 Å². The molecule has 6 heteroatoms. The summed E-state index contributed by atoms with van der Waals surface area (Å²) in [6, 6.07) is 11.8. The molecule has 2 aromatic rings. The SMILES string of the molecule is C=CCOc1ccccc1C(=O)NN=Cc1cccc(OC)c1O. The molecule has 24 heavy (non-hydrogen) atoms. The summed E-state index contributed by atoms with van der Waals surface area (Å²) < 4.78 is 10.4. The average molecular weight is 326 g/mol. The van der Waals surface area contributed by atoms with Gasteiger partial charge in [-0.3, -0.25) is 4.79 Å². The summed E-state index contributed by atoms with van der Waals surface area (Å²) in [5, 5.41) is 13.8. The van der Waals surface area contributed by atoms with E-state index in [9.17, 15) is 9.90 Å². The van der Waals surface area contributed by atoms with Crippen LogP contribution in [-0.4, -0.2) is 30.9 Å². The highest BCUT2D eigenvalue weighted by Crippen LogP contribution is 2.27. The summed E-state index contributed by atoms with van der Waals surface area (Å²) in [6.45, 7) is 3.87. The Hall–Kier alpha value is -3.28. The first-order valence-corrected chi connectivity index (χ1v) is 7.19. The van der Waals surface area contributed by atoms with E-state index in [1.165, 1.54) is 13.3 Å². The molecule has 0 aliphatic heterocycles. The first-order valence-electron chi connectivity index (χ1n) is 7.19. The zero-order chi connectivity index (χ0) is 17.4. The topological polar surface area (TPSA) is 80.2 Å². The van der Waals surface area contributed by atoms with Gasteiger partial charge in [-0.1, -0.05) is 30.9 Å². The molecule has 0 aliphatic carbocycles. The number of nitrogens with one attached hydrogen (secondary N) is 1. The van der Waals surface area contributed by atoms with Crippen molar-refractivity contribution >= 4 is 12.1 Å². The van der Waals surface area contributed by atoms with E-state index >= 15 is 0 Å². The third-order valence-electron chi connectivity index (χ3n) is 3.11. The van der Waals surface area contributed by atoms with Crippen LogP contribution in [0.3, 0.4) is 0 Å². The van der Waals surface area contributed by atoms with Crippen molar-refractivity contribution in [3.05, 3.63) is 66.2 Å². The molecule has 124 valence electrons. The highest BCUT2D eigenvalue weighted by Gasteiger charge is 2.11. The number of para-hydroxylation sites is 2. The zero-order valence-electron chi connectivity index (χ0n) is 13.2. The molecule has 1 amide bonds. The lowest BCUT2D eigenvalue weighted by molar-refractivity contribution is 0.0951. The van der Waals surface area contributed by atoms with E-state index in [0.717, 1.165) is 0 Å². The van der Waals surface area contributed by atoms with Crippen LogP contribution in [0.15, 0.2) is 60.2 Å². The van der Waals surface area contributed by atoms with Crippen molar-refractivity contribution in [2.24, 2.45) is 5.10 Å². The standard InChI is InChI=1S/C18H18N2O4/c1-3-11-24-15-9-5-4-8-14(15)18(22)20-19-12-13-7-6-10-16(23-2)17(13)21/h3-10,12,21H,1,11H2,2H3,(H,20,22). The van der Waals surface area contributed by atoms with Gasteiger partial charge in [-0.05, 0) is 24.3 Å². The Balaban J connectivity index is 2.10. The van der Waals surface area contributed by atoms with Gasteiger partial charge in [0.25, 0.3) is 5.91 Å². The Morgan fingerprint density at radius 2 is 2.00 bits per heavy atom. The minimum Gasteiger partial charge on any atom is -0.504 e. The third kappa shape index (κ3) is 4.13. The lowest BCUT2D eigenvalue weighted by Crippen LogP contribution is -2.18. The molecule has 6 nitrogen and oxygen atoms in total. The smallest absolute Gasteiger partial charge is 0.275 e. The summed E-state index contributed by atoms with van der Waals surface area (Å²) in [6.07, 6.45) is 2.93. The van der Waals surface area contributed by atoms with Gasteiger partial charge in [0.2, 0.25) is 0 Å². The second-order valence-electron chi connectivity index (χ2n) is 4.69. The fourth-order valence-corrected chi connectivity index (χ4v) is 1.96. The minimum atomic E-state index is -0.423. The molecule has 0 atom stereocenters. The Morgan fingerprint density at radius 3 is 2.75 bits per heavy atom. The summed E-state index contributed by atoms with van der Waals surface area (Å²) in [5.74, 6) is 0.295. The van der Waals surface area contributed by atoms with Gasteiger partial charge in [-0.2, -0.15) is 5.10 Å². The quantitative estimate of drug-likeness (QED) is 0.466. The molecular weight excluding hydrogens is 308 g/mol. The number of phenols is 1. The van der Waals surface area contributed by atoms with Crippen LogP contribution in [0, 0.1) is 0 Å². The molecule has 2 aromatic carbocycles. The number of benzene rings is 2. The number of nitrogens with zero attached hydrogens (tertiary/aromatic N) is 1. The van der Waals surface area contributed by atoms with Crippen LogP contribution in [0.2, 0.25) is 0 Å². The predicted octanol–water partition coefficient (Wildman–Crippen LogP) is 2.73. The van der Waals surface area contributed by atoms with Crippen molar-refractivity contribution in [1.29, 1.82) is 0 Å². The molecule has 2 N–H and O–H groups in total. The molecule has 0 saturated heterocycles. The van der Waals surface area contributed by atoms with Crippen LogP contribution in [0.4, 0.5) is 0 Å². The number of carbonyl (C=O) groups is 1. The molecule has 0 aromatic heterocycles. The monoisotopic (exact) mass is 326 g/mol. The van der Waals surface area contributed by atoms with Crippen molar-refractivity contribution in [3.63, 3.8) is 0 Å². The largest absolute Gasteiger partial charge is 0.504 e. The highest BCUT2D eigenvalue weighted by molar-refractivity contribution is 5.97. The molecule has 0 aliphatic rings. The van der Waals surface area contributed by atoms with E-state index in [0.29, 0.717) is 29.2 Å². The molecule has 0 bridgehead atoms. The molecular formula is C18H18N2O4. The third-order valence-corrected chi connectivity index (χ3v) is 3.11. The van der Waals surface area contributed by atoms with Crippen molar-refractivity contribution in [1.82, 2.24) is 5.43 Å². The van der Waals surface area contributed by atoms with Crippen LogP contribution >= 0.6 is 0 Å². The number of hydrogen-bond donors (Lipinski definition) is 2. The van der Waals surface area contributed by atoms with Crippen LogP contribution in [0.25, 0.3) is 0 Å². The first-order chi connectivity index (χ1) is 11.7. The number of ether oxygens (including phenoxy) is 2. The van der Waals surface area contributed by atoms with Crippen molar-refractivity contribution in [3.8, 4) is 17.2 Å². The van der Waals surface area contributed by atoms with E-state index in [-0.39, 0.29) is 5.75 Å². The minimum absolute atomic E-state index is 0.0484. The number of amides is 1. The van der Waals surface area contributed by atoms with Gasteiger partial charge in [0, 0.05) is 5.56 Å². The number of phenolic OH excluding ortho intramolecular Hbond substituents is 1. The number of aromatic hydroxyl groups is 1. The molecule has 2 rings (SSSR count). The number of hydrazone groups is 1. The normalized spacial score (nSPS) is 10.4. The molecule has 0 saturated carbocycles. The summed E-state index contributed by atoms with van der Waals surface area (Å²) in [4.78, 5) is 12.2. The number of carbonyl (C=O) groups excluding carboxylic acids is 1. The Morgan fingerprint density at radius 1 is 1.25 bits per heavy atom. The van der Waals surface area contributed by atoms with Gasteiger partial charge < -0.3 is 14.6 Å².